The fourth-order valence-electron chi connectivity index (χ4n) is 1.97. The van der Waals surface area contributed by atoms with Gasteiger partial charge in [0.15, 0.2) is 5.75 Å². The van der Waals surface area contributed by atoms with Crippen molar-refractivity contribution in [1.82, 2.24) is 4.98 Å². The Bertz CT molecular complexity index is 612. The van der Waals surface area contributed by atoms with Crippen LogP contribution in [0.3, 0.4) is 0 Å². The van der Waals surface area contributed by atoms with E-state index in [0.717, 1.165) is 29.5 Å². The van der Waals surface area contributed by atoms with Gasteiger partial charge in [-0.3, -0.25) is 0 Å². The second-order valence-corrected chi connectivity index (χ2v) is 3.95. The maximum absolute atomic E-state index is 10.0. The van der Waals surface area contributed by atoms with Gasteiger partial charge in [0.05, 0.1) is 5.56 Å². The molecule has 0 spiro atoms. The van der Waals surface area contributed by atoms with Gasteiger partial charge in [0.25, 0.3) is 0 Å². The highest BCUT2D eigenvalue weighted by Crippen LogP contribution is 2.29. The number of phenolic OH excluding ortho intramolecular Hbond substituents is 1. The number of aryl methyl sites for hydroxylation is 2. The Balaban J connectivity index is 2.86. The van der Waals surface area contributed by atoms with Gasteiger partial charge in [0, 0.05) is 11.1 Å². The summed E-state index contributed by atoms with van der Waals surface area (Å²) in [6.07, 6.45) is 1.70. The van der Waals surface area contributed by atoms with Crippen molar-refractivity contribution in [2.45, 2.75) is 26.7 Å². The highest BCUT2D eigenvalue weighted by molar-refractivity contribution is 5.89. The highest BCUT2D eigenvalue weighted by Gasteiger charge is 2.11. The third-order valence-electron chi connectivity index (χ3n) is 2.96. The van der Waals surface area contributed by atoms with E-state index in [9.17, 15) is 5.11 Å². The maximum Gasteiger partial charge on any atom is 0.159 e. The number of aromatic nitrogens is 1. The van der Waals surface area contributed by atoms with Gasteiger partial charge in [-0.15, -0.1) is 0 Å². The Morgan fingerprint density at radius 3 is 2.65 bits per heavy atom. The molecule has 2 rings (SSSR count). The number of rotatable bonds is 2. The Labute approximate surface area is 100 Å². The zero-order chi connectivity index (χ0) is 12.4. The number of fused-ring (bicyclic) bond motifs is 1. The summed E-state index contributed by atoms with van der Waals surface area (Å²) in [7, 11) is 0. The minimum absolute atomic E-state index is 0.00463. The van der Waals surface area contributed by atoms with Crippen LogP contribution in [0.15, 0.2) is 18.2 Å². The second kappa shape index (κ2) is 4.42. The van der Waals surface area contributed by atoms with E-state index in [-0.39, 0.29) is 11.3 Å². The lowest BCUT2D eigenvalue weighted by atomic mass is 10.0. The summed E-state index contributed by atoms with van der Waals surface area (Å²) in [4.78, 5) is 4.41. The molecule has 86 valence electrons. The molecule has 0 bridgehead atoms. The molecule has 3 nitrogen and oxygen atoms in total. The van der Waals surface area contributed by atoms with Gasteiger partial charge in [0.1, 0.15) is 11.6 Å². The van der Waals surface area contributed by atoms with E-state index in [4.69, 9.17) is 5.26 Å². The van der Waals surface area contributed by atoms with Gasteiger partial charge in [-0.1, -0.05) is 19.9 Å². The van der Waals surface area contributed by atoms with E-state index in [0.29, 0.717) is 5.52 Å². The topological polar surface area (TPSA) is 56.9 Å². The lowest BCUT2D eigenvalue weighted by molar-refractivity contribution is 0.478. The summed E-state index contributed by atoms with van der Waals surface area (Å²) in [6, 6.07) is 7.54. The van der Waals surface area contributed by atoms with Crippen LogP contribution in [0.1, 0.15) is 30.7 Å². The van der Waals surface area contributed by atoms with Crippen LogP contribution < -0.4 is 0 Å². The lowest BCUT2D eigenvalue weighted by Gasteiger charge is -2.09. The molecular formula is C14H14N2O. The number of hydrogen-bond acceptors (Lipinski definition) is 3. The molecule has 0 saturated heterocycles. The molecule has 0 amide bonds. The average Bonchev–Trinajstić information content (AvgIpc) is 2.38. The van der Waals surface area contributed by atoms with Crippen molar-refractivity contribution in [2.75, 3.05) is 0 Å². The predicted octanol–water partition coefficient (Wildman–Crippen LogP) is 2.94. The average molecular weight is 226 g/mol. The van der Waals surface area contributed by atoms with E-state index < -0.39 is 0 Å². The number of nitrogens with zero attached hydrogens (tertiary/aromatic N) is 2. The third-order valence-corrected chi connectivity index (χ3v) is 2.96. The SMILES string of the molecule is CCc1cc(CC)c2ccc(C#N)c(O)c2n1. The summed E-state index contributed by atoms with van der Waals surface area (Å²) in [5, 5.41) is 19.8. The summed E-state index contributed by atoms with van der Waals surface area (Å²) in [5.41, 5.74) is 2.92. The van der Waals surface area contributed by atoms with E-state index >= 15 is 0 Å². The summed E-state index contributed by atoms with van der Waals surface area (Å²) in [5.74, 6) is -0.00463. The Morgan fingerprint density at radius 1 is 1.29 bits per heavy atom. The molecule has 0 radical (unpaired) electrons. The van der Waals surface area contributed by atoms with Crippen molar-refractivity contribution in [1.29, 1.82) is 5.26 Å². The van der Waals surface area contributed by atoms with Crippen LogP contribution in [0.25, 0.3) is 10.9 Å². The zero-order valence-corrected chi connectivity index (χ0v) is 9.99. The van der Waals surface area contributed by atoms with E-state index in [1.807, 2.05) is 19.1 Å². The first kappa shape index (κ1) is 11.4. The molecule has 0 atom stereocenters. The van der Waals surface area contributed by atoms with Gasteiger partial charge < -0.3 is 5.11 Å². The first-order chi connectivity index (χ1) is 8.21. The molecule has 0 saturated carbocycles. The molecular weight excluding hydrogens is 212 g/mol. The van der Waals surface area contributed by atoms with Gasteiger partial charge in [0.2, 0.25) is 0 Å². The zero-order valence-electron chi connectivity index (χ0n) is 9.99. The minimum atomic E-state index is -0.00463. The molecule has 1 heterocycles. The normalized spacial score (nSPS) is 10.4. The van der Waals surface area contributed by atoms with Crippen molar-refractivity contribution < 1.29 is 5.11 Å². The molecule has 2 aromatic rings. The number of aromatic hydroxyl groups is 1. The fourth-order valence-corrected chi connectivity index (χ4v) is 1.97. The van der Waals surface area contributed by atoms with Gasteiger partial charge in [-0.25, -0.2) is 4.98 Å². The van der Waals surface area contributed by atoms with Gasteiger partial charge >= 0.3 is 0 Å². The first-order valence-corrected chi connectivity index (χ1v) is 5.75. The molecule has 1 aromatic carbocycles. The number of nitriles is 1. The number of benzene rings is 1. The fraction of sp³-hybridized carbons (Fsp3) is 0.286. The number of phenols is 1. The largest absolute Gasteiger partial charge is 0.504 e. The van der Waals surface area contributed by atoms with Crippen LogP contribution in [-0.4, -0.2) is 10.1 Å². The second-order valence-electron chi connectivity index (χ2n) is 3.95. The Hall–Kier alpha value is -2.08. The lowest BCUT2D eigenvalue weighted by Crippen LogP contribution is -1.95. The van der Waals surface area contributed by atoms with Crippen LogP contribution >= 0.6 is 0 Å². The molecule has 3 heteroatoms. The van der Waals surface area contributed by atoms with E-state index in [2.05, 4.69) is 18.0 Å². The third kappa shape index (κ3) is 1.83. The van der Waals surface area contributed by atoms with E-state index in [1.165, 1.54) is 0 Å². The van der Waals surface area contributed by atoms with Crippen LogP contribution in [0.5, 0.6) is 5.75 Å². The molecule has 0 unspecified atom stereocenters. The molecule has 1 aromatic heterocycles. The van der Waals surface area contributed by atoms with Crippen LogP contribution in [-0.2, 0) is 12.8 Å². The van der Waals surface area contributed by atoms with Crippen molar-refractivity contribution in [3.05, 3.63) is 35.0 Å². The van der Waals surface area contributed by atoms with Crippen LogP contribution in [0.4, 0.5) is 0 Å². The summed E-state index contributed by atoms with van der Waals surface area (Å²) >= 11 is 0. The molecule has 0 aliphatic carbocycles. The standard InChI is InChI=1S/C14H14N2O/c1-3-9-7-11(4-2)16-13-12(9)6-5-10(8-15)14(13)17/h5-7,17H,3-4H2,1-2H3. The van der Waals surface area contributed by atoms with Crippen molar-refractivity contribution in [2.24, 2.45) is 0 Å². The van der Waals surface area contributed by atoms with Crippen LogP contribution in [0.2, 0.25) is 0 Å². The molecule has 17 heavy (non-hydrogen) atoms. The quantitative estimate of drug-likeness (QED) is 0.856. The molecule has 0 aliphatic heterocycles. The Morgan fingerprint density at radius 2 is 2.06 bits per heavy atom. The monoisotopic (exact) mass is 226 g/mol. The predicted molar refractivity (Wildman–Crippen MR) is 66.9 cm³/mol. The first-order valence-electron chi connectivity index (χ1n) is 5.75. The summed E-state index contributed by atoms with van der Waals surface area (Å²) < 4.78 is 0. The minimum Gasteiger partial charge on any atom is -0.504 e. The number of pyridine rings is 1. The number of hydrogen-bond donors (Lipinski definition) is 1. The molecule has 0 aliphatic rings. The van der Waals surface area contributed by atoms with Crippen molar-refractivity contribution in [3.8, 4) is 11.8 Å². The van der Waals surface area contributed by atoms with Crippen LogP contribution in [0, 0.1) is 11.3 Å². The van der Waals surface area contributed by atoms with Crippen molar-refractivity contribution in [3.63, 3.8) is 0 Å². The molecule has 1 N–H and O–H groups in total. The summed E-state index contributed by atoms with van der Waals surface area (Å²) in [6.45, 7) is 4.10. The van der Waals surface area contributed by atoms with Gasteiger partial charge in [-0.05, 0) is 30.5 Å². The van der Waals surface area contributed by atoms with E-state index in [1.54, 1.807) is 6.07 Å². The maximum atomic E-state index is 10.0. The Kier molecular flexibility index (Phi) is 2.97. The highest BCUT2D eigenvalue weighted by atomic mass is 16.3. The molecule has 0 fully saturated rings. The van der Waals surface area contributed by atoms with Crippen molar-refractivity contribution >= 4 is 10.9 Å². The van der Waals surface area contributed by atoms with Gasteiger partial charge in [-0.2, -0.15) is 5.26 Å². The smallest absolute Gasteiger partial charge is 0.159 e.